The lowest BCUT2D eigenvalue weighted by molar-refractivity contribution is 0.0981. The van der Waals surface area contributed by atoms with Crippen molar-refractivity contribution < 1.29 is 19.1 Å². The van der Waals surface area contributed by atoms with E-state index in [1.807, 2.05) is 4.57 Å². The molecule has 0 atom stereocenters. The lowest BCUT2D eigenvalue weighted by Crippen LogP contribution is -2.12. The van der Waals surface area contributed by atoms with Crippen LogP contribution in [0.1, 0.15) is 56.3 Å². The second-order valence-corrected chi connectivity index (χ2v) is 7.62. The summed E-state index contributed by atoms with van der Waals surface area (Å²) in [5.41, 5.74) is 3.68. The van der Waals surface area contributed by atoms with Crippen LogP contribution in [0.2, 0.25) is 5.02 Å². The molecule has 3 aromatic rings. The third-order valence-corrected chi connectivity index (χ3v) is 5.49. The molecule has 0 aliphatic carbocycles. The van der Waals surface area contributed by atoms with Crippen molar-refractivity contribution in [2.45, 2.75) is 27.7 Å². The third-order valence-electron chi connectivity index (χ3n) is 5.16. The van der Waals surface area contributed by atoms with Gasteiger partial charge in [0.25, 0.3) is 5.91 Å². The minimum Gasteiger partial charge on any atom is -0.497 e. The average molecular weight is 439 g/mol. The largest absolute Gasteiger partial charge is 0.497 e. The number of carbonyl (C=O) groups is 3. The fraction of sp³-hybridized carbons (Fsp3) is 0.208. The zero-order valence-corrected chi connectivity index (χ0v) is 18.8. The number of anilines is 1. The standard InChI is InChI=1S/C24H23ClN2O4/c1-13-22(15(3)28)23(16(4)29)14(2)27(13)18-8-11-20(25)21(12-18)26-24(30)17-6-9-19(31-5)10-7-17/h6-12H,1-5H3,(H,26,30). The van der Waals surface area contributed by atoms with E-state index in [-0.39, 0.29) is 17.5 Å². The number of ketones is 2. The van der Waals surface area contributed by atoms with Crippen molar-refractivity contribution in [3.05, 3.63) is 75.6 Å². The van der Waals surface area contributed by atoms with E-state index in [2.05, 4.69) is 5.32 Å². The summed E-state index contributed by atoms with van der Waals surface area (Å²) in [6.45, 7) is 6.47. The number of halogens is 1. The first kappa shape index (κ1) is 22.3. The fourth-order valence-corrected chi connectivity index (χ4v) is 3.94. The van der Waals surface area contributed by atoms with Crippen LogP contribution in [0.4, 0.5) is 5.69 Å². The van der Waals surface area contributed by atoms with Crippen LogP contribution in [0.15, 0.2) is 42.5 Å². The van der Waals surface area contributed by atoms with Crippen LogP contribution in [0.3, 0.4) is 0 Å². The van der Waals surface area contributed by atoms with Crippen LogP contribution >= 0.6 is 11.6 Å². The second-order valence-electron chi connectivity index (χ2n) is 7.22. The van der Waals surface area contributed by atoms with Crippen LogP contribution in [-0.2, 0) is 0 Å². The number of carbonyl (C=O) groups excluding carboxylic acids is 3. The molecule has 2 aromatic carbocycles. The number of aromatic nitrogens is 1. The monoisotopic (exact) mass is 438 g/mol. The molecule has 0 bridgehead atoms. The van der Waals surface area contributed by atoms with Gasteiger partial charge in [0.05, 0.1) is 17.8 Å². The molecule has 1 aromatic heterocycles. The number of benzene rings is 2. The molecule has 0 radical (unpaired) electrons. The van der Waals surface area contributed by atoms with E-state index < -0.39 is 0 Å². The highest BCUT2D eigenvalue weighted by atomic mass is 35.5. The van der Waals surface area contributed by atoms with Gasteiger partial charge in [-0.3, -0.25) is 14.4 Å². The number of nitrogens with zero attached hydrogens (tertiary/aromatic N) is 1. The summed E-state index contributed by atoms with van der Waals surface area (Å²) in [5.74, 6) is -0.0210. The number of Topliss-reactive ketones (excluding diaryl/α,β-unsaturated/α-hetero) is 2. The molecule has 6 nitrogen and oxygen atoms in total. The van der Waals surface area contributed by atoms with Crippen molar-refractivity contribution in [2.75, 3.05) is 12.4 Å². The Kier molecular flexibility index (Phi) is 6.32. The fourth-order valence-electron chi connectivity index (χ4n) is 3.77. The number of nitrogens with one attached hydrogen (secondary N) is 1. The maximum Gasteiger partial charge on any atom is 0.255 e. The van der Waals surface area contributed by atoms with Crippen molar-refractivity contribution in [1.82, 2.24) is 4.57 Å². The number of rotatable bonds is 6. The van der Waals surface area contributed by atoms with Crippen LogP contribution < -0.4 is 10.1 Å². The molecule has 0 spiro atoms. The van der Waals surface area contributed by atoms with Gasteiger partial charge in [-0.2, -0.15) is 0 Å². The predicted molar refractivity (Wildman–Crippen MR) is 121 cm³/mol. The van der Waals surface area contributed by atoms with Crippen molar-refractivity contribution in [1.29, 1.82) is 0 Å². The zero-order valence-electron chi connectivity index (χ0n) is 18.0. The van der Waals surface area contributed by atoms with Crippen molar-refractivity contribution in [2.24, 2.45) is 0 Å². The minimum atomic E-state index is -0.323. The Labute approximate surface area is 185 Å². The third kappa shape index (κ3) is 4.25. The van der Waals surface area contributed by atoms with Gasteiger partial charge in [0.2, 0.25) is 0 Å². The van der Waals surface area contributed by atoms with E-state index in [0.717, 1.165) is 0 Å². The molecule has 0 unspecified atom stereocenters. The molecule has 0 saturated heterocycles. The molecule has 0 saturated carbocycles. The van der Waals surface area contributed by atoms with Gasteiger partial charge in [-0.15, -0.1) is 0 Å². The van der Waals surface area contributed by atoms with Gasteiger partial charge in [0.1, 0.15) is 5.75 Å². The van der Waals surface area contributed by atoms with Gasteiger partial charge < -0.3 is 14.6 Å². The molecule has 7 heteroatoms. The second kappa shape index (κ2) is 8.78. The first-order valence-electron chi connectivity index (χ1n) is 9.64. The lowest BCUT2D eigenvalue weighted by Gasteiger charge is -2.14. The molecule has 1 N–H and O–H groups in total. The highest BCUT2D eigenvalue weighted by Gasteiger charge is 2.24. The number of amides is 1. The van der Waals surface area contributed by atoms with Crippen molar-refractivity contribution in [3.63, 3.8) is 0 Å². The van der Waals surface area contributed by atoms with Gasteiger partial charge in [-0.05, 0) is 70.2 Å². The van der Waals surface area contributed by atoms with Gasteiger partial charge in [-0.25, -0.2) is 0 Å². The van der Waals surface area contributed by atoms with Crippen LogP contribution in [0.5, 0.6) is 5.75 Å². The molecule has 1 amide bonds. The SMILES string of the molecule is COc1ccc(C(=O)Nc2cc(-n3c(C)c(C(C)=O)c(C(C)=O)c3C)ccc2Cl)cc1. The summed E-state index contributed by atoms with van der Waals surface area (Å²) in [5, 5.41) is 3.19. The Bertz CT molecular complexity index is 1160. The van der Waals surface area contributed by atoms with E-state index >= 15 is 0 Å². The van der Waals surface area contributed by atoms with Crippen LogP contribution in [-0.4, -0.2) is 29.2 Å². The Morgan fingerprint density at radius 2 is 1.45 bits per heavy atom. The minimum absolute atomic E-state index is 0.174. The van der Waals surface area contributed by atoms with Crippen molar-refractivity contribution in [3.8, 4) is 11.4 Å². The zero-order chi connectivity index (χ0) is 22.9. The van der Waals surface area contributed by atoms with E-state index in [0.29, 0.717) is 50.2 Å². The molecular weight excluding hydrogens is 416 g/mol. The molecule has 0 aliphatic rings. The van der Waals surface area contributed by atoms with Crippen LogP contribution in [0, 0.1) is 13.8 Å². The van der Waals surface area contributed by atoms with E-state index in [1.54, 1.807) is 63.4 Å². The summed E-state index contributed by atoms with van der Waals surface area (Å²) < 4.78 is 6.94. The summed E-state index contributed by atoms with van der Waals surface area (Å²) >= 11 is 6.33. The topological polar surface area (TPSA) is 77.4 Å². The number of methoxy groups -OCH3 is 1. The molecular formula is C24H23ClN2O4. The summed E-state index contributed by atoms with van der Waals surface area (Å²) in [6, 6.07) is 11.9. The van der Waals surface area contributed by atoms with E-state index in [9.17, 15) is 14.4 Å². The molecule has 0 fully saturated rings. The maximum absolute atomic E-state index is 12.7. The predicted octanol–water partition coefficient (Wildman–Crippen LogP) is 5.41. The molecule has 31 heavy (non-hydrogen) atoms. The molecule has 160 valence electrons. The Hall–Kier alpha value is -3.38. The normalized spacial score (nSPS) is 10.6. The summed E-state index contributed by atoms with van der Waals surface area (Å²) in [7, 11) is 1.56. The lowest BCUT2D eigenvalue weighted by atomic mass is 10.0. The van der Waals surface area contributed by atoms with E-state index in [1.165, 1.54) is 13.8 Å². The summed E-state index contributed by atoms with van der Waals surface area (Å²) in [4.78, 5) is 37.1. The van der Waals surface area contributed by atoms with Crippen LogP contribution in [0.25, 0.3) is 5.69 Å². The highest BCUT2D eigenvalue weighted by molar-refractivity contribution is 6.34. The quantitative estimate of drug-likeness (QED) is 0.522. The maximum atomic E-state index is 12.7. The number of hydrogen-bond donors (Lipinski definition) is 1. The van der Waals surface area contributed by atoms with E-state index in [4.69, 9.17) is 16.3 Å². The average Bonchev–Trinajstić information content (AvgIpc) is 3.00. The smallest absolute Gasteiger partial charge is 0.255 e. The Morgan fingerprint density at radius 3 is 1.94 bits per heavy atom. The number of hydrogen-bond acceptors (Lipinski definition) is 4. The van der Waals surface area contributed by atoms with Crippen molar-refractivity contribution >= 4 is 34.8 Å². The van der Waals surface area contributed by atoms with Gasteiger partial charge >= 0.3 is 0 Å². The van der Waals surface area contributed by atoms with Gasteiger partial charge in [0, 0.05) is 33.8 Å². The number of ether oxygens (including phenoxy) is 1. The van der Waals surface area contributed by atoms with Gasteiger partial charge in [0.15, 0.2) is 11.6 Å². The highest BCUT2D eigenvalue weighted by Crippen LogP contribution is 2.31. The molecule has 3 rings (SSSR count). The van der Waals surface area contributed by atoms with Gasteiger partial charge in [-0.1, -0.05) is 11.6 Å². The molecule has 0 aliphatic heterocycles. The Balaban J connectivity index is 2.03. The molecule has 1 heterocycles. The summed E-state index contributed by atoms with van der Waals surface area (Å²) in [6.07, 6.45) is 0. The first-order valence-corrected chi connectivity index (χ1v) is 10.0. The first-order chi connectivity index (χ1) is 14.6. The Morgan fingerprint density at radius 1 is 0.903 bits per heavy atom.